The fourth-order valence-corrected chi connectivity index (χ4v) is 0.901. The first-order chi connectivity index (χ1) is 5.58. The summed E-state index contributed by atoms with van der Waals surface area (Å²) >= 11 is 0. The van der Waals surface area contributed by atoms with Crippen LogP contribution in [-0.2, 0) is 6.42 Å². The Morgan fingerprint density at radius 3 is 2.08 bits per heavy atom. The second-order valence-corrected chi connectivity index (χ2v) is 2.51. The molecule has 0 heterocycles. The van der Waals surface area contributed by atoms with Crippen molar-refractivity contribution in [1.29, 1.82) is 0 Å². The van der Waals surface area contributed by atoms with Gasteiger partial charge >= 0.3 is 0 Å². The van der Waals surface area contributed by atoms with Crippen molar-refractivity contribution in [3.05, 3.63) is 35.9 Å². The largest absolute Gasteiger partial charge is 0.244 e. The summed E-state index contributed by atoms with van der Waals surface area (Å²) in [6, 6.07) is 8.63. The first kappa shape index (κ1) is 9.06. The van der Waals surface area contributed by atoms with Gasteiger partial charge in [0.15, 0.2) is 0 Å². The van der Waals surface area contributed by atoms with Crippen LogP contribution < -0.4 is 0 Å². The third-order valence-electron chi connectivity index (χ3n) is 1.50. The standard InChI is InChI=1S/C8H9F3N/c9-12(10,11)7-6-8-4-2-1-3-5-8/h1-5H,6-7H2/q+1. The van der Waals surface area contributed by atoms with Gasteiger partial charge < -0.3 is 0 Å². The molecule has 0 N–H and O–H groups in total. The molecule has 0 spiro atoms. The van der Waals surface area contributed by atoms with Gasteiger partial charge in [0.1, 0.15) is 0 Å². The second-order valence-electron chi connectivity index (χ2n) is 2.51. The molecule has 1 rings (SSSR count). The molecule has 0 aliphatic carbocycles. The van der Waals surface area contributed by atoms with E-state index in [1.54, 1.807) is 30.3 Å². The van der Waals surface area contributed by atoms with Crippen LogP contribution in [0, 0.1) is 0 Å². The van der Waals surface area contributed by atoms with Crippen LogP contribution in [0.3, 0.4) is 0 Å². The topological polar surface area (TPSA) is 0 Å². The summed E-state index contributed by atoms with van der Waals surface area (Å²) in [6.45, 7) is -0.802. The summed E-state index contributed by atoms with van der Waals surface area (Å²) in [5, 5.41) is -3.46. The molecule has 0 aliphatic heterocycles. The molecular weight excluding hydrogens is 167 g/mol. The van der Waals surface area contributed by atoms with E-state index in [9.17, 15) is 13.4 Å². The number of hydrogen-bond acceptors (Lipinski definition) is 0. The van der Waals surface area contributed by atoms with Crippen LogP contribution in [0.2, 0.25) is 0 Å². The lowest BCUT2D eigenvalue weighted by atomic mass is 10.2. The van der Waals surface area contributed by atoms with Crippen molar-refractivity contribution in [2.45, 2.75) is 6.42 Å². The average Bonchev–Trinajstić information content (AvgIpc) is 2.02. The lowest BCUT2D eigenvalue weighted by Gasteiger charge is -2.00. The van der Waals surface area contributed by atoms with Gasteiger partial charge in [-0.25, -0.2) is 0 Å². The molecule has 1 aromatic rings. The van der Waals surface area contributed by atoms with Gasteiger partial charge in [-0.3, -0.25) is 0 Å². The highest BCUT2D eigenvalue weighted by Gasteiger charge is 2.29. The molecule has 0 aromatic heterocycles. The third-order valence-corrected chi connectivity index (χ3v) is 1.50. The fourth-order valence-electron chi connectivity index (χ4n) is 0.901. The van der Waals surface area contributed by atoms with Gasteiger partial charge in [0.05, 0.1) is 13.4 Å². The molecular formula is C8H9F3N+. The fraction of sp³-hybridized carbons (Fsp3) is 0.250. The van der Waals surface area contributed by atoms with E-state index in [0.717, 1.165) is 0 Å². The average molecular weight is 176 g/mol. The van der Waals surface area contributed by atoms with Crippen LogP contribution in [0.25, 0.3) is 0 Å². The molecule has 0 atom stereocenters. The van der Waals surface area contributed by atoms with Gasteiger partial charge in [0, 0.05) is 6.42 Å². The van der Waals surface area contributed by atoms with E-state index in [4.69, 9.17) is 0 Å². The van der Waals surface area contributed by atoms with Crippen molar-refractivity contribution in [3.8, 4) is 0 Å². The molecule has 0 saturated heterocycles. The van der Waals surface area contributed by atoms with E-state index in [0.29, 0.717) is 5.56 Å². The van der Waals surface area contributed by atoms with Gasteiger partial charge in [-0.1, -0.05) is 30.3 Å². The maximum Gasteiger partial charge on any atom is 0.244 e. The number of quaternary nitrogens is 1. The summed E-state index contributed by atoms with van der Waals surface area (Å²) < 4.78 is 35.0. The zero-order valence-electron chi connectivity index (χ0n) is 6.38. The Morgan fingerprint density at radius 2 is 1.58 bits per heavy atom. The van der Waals surface area contributed by atoms with Gasteiger partial charge in [-0.2, -0.15) is 0 Å². The molecule has 1 aromatic carbocycles. The SMILES string of the molecule is F[N+](F)(F)CCc1ccccc1. The van der Waals surface area contributed by atoms with E-state index >= 15 is 0 Å². The number of hydrogen-bond donors (Lipinski definition) is 0. The molecule has 12 heavy (non-hydrogen) atoms. The molecule has 0 radical (unpaired) electrons. The summed E-state index contributed by atoms with van der Waals surface area (Å²) in [5.41, 5.74) is 0.716. The minimum atomic E-state index is -3.46. The minimum Gasteiger partial charge on any atom is -0.0622 e. The highest BCUT2D eigenvalue weighted by Crippen LogP contribution is 2.12. The number of benzene rings is 1. The maximum absolute atomic E-state index is 11.7. The van der Waals surface area contributed by atoms with Crippen LogP contribution in [0.4, 0.5) is 13.4 Å². The van der Waals surface area contributed by atoms with Crippen molar-refractivity contribution in [3.63, 3.8) is 0 Å². The van der Waals surface area contributed by atoms with Gasteiger partial charge in [-0.05, 0) is 5.56 Å². The summed E-state index contributed by atoms with van der Waals surface area (Å²) in [5.74, 6) is 0. The molecule has 0 aliphatic rings. The first-order valence-corrected chi connectivity index (χ1v) is 3.59. The van der Waals surface area contributed by atoms with E-state index in [1.807, 2.05) is 0 Å². The normalized spacial score (nSPS) is 11.6. The molecule has 66 valence electrons. The Kier molecular flexibility index (Phi) is 2.70. The summed E-state index contributed by atoms with van der Waals surface area (Å²) in [6.07, 6.45) is 0.0460. The predicted octanol–water partition coefficient (Wildman–Crippen LogP) is 2.70. The highest BCUT2D eigenvalue weighted by molar-refractivity contribution is 5.14. The zero-order chi connectivity index (χ0) is 9.03. The first-order valence-electron chi connectivity index (χ1n) is 3.59. The van der Waals surface area contributed by atoms with Crippen molar-refractivity contribution in [2.75, 3.05) is 6.54 Å². The Labute approximate surface area is 68.4 Å². The van der Waals surface area contributed by atoms with Crippen molar-refractivity contribution < 1.29 is 18.6 Å². The van der Waals surface area contributed by atoms with Crippen LogP contribution >= 0.6 is 0 Å². The molecule has 0 amide bonds. The van der Waals surface area contributed by atoms with Crippen LogP contribution in [0.1, 0.15) is 5.56 Å². The van der Waals surface area contributed by atoms with Gasteiger partial charge in [0.2, 0.25) is 11.7 Å². The smallest absolute Gasteiger partial charge is 0.0622 e. The van der Waals surface area contributed by atoms with Gasteiger partial charge in [-0.15, -0.1) is 0 Å². The Bertz CT molecular complexity index is 230. The lowest BCUT2D eigenvalue weighted by molar-refractivity contribution is -1.27. The highest BCUT2D eigenvalue weighted by atomic mass is 19.6. The van der Waals surface area contributed by atoms with Crippen molar-refractivity contribution in [1.82, 2.24) is 0 Å². The molecule has 1 nitrogen and oxygen atoms in total. The predicted molar refractivity (Wildman–Crippen MR) is 38.6 cm³/mol. The summed E-state index contributed by atoms with van der Waals surface area (Å²) in [4.78, 5) is 0. The Morgan fingerprint density at radius 1 is 1.00 bits per heavy atom. The molecule has 0 bridgehead atoms. The Balaban J connectivity index is 2.44. The summed E-state index contributed by atoms with van der Waals surface area (Å²) in [7, 11) is 0. The van der Waals surface area contributed by atoms with Crippen molar-refractivity contribution >= 4 is 0 Å². The van der Waals surface area contributed by atoms with E-state index in [1.165, 1.54) is 0 Å². The maximum atomic E-state index is 11.7. The number of halogens is 3. The Hall–Kier alpha value is -1.03. The lowest BCUT2D eigenvalue weighted by Crippen LogP contribution is -2.21. The van der Waals surface area contributed by atoms with Gasteiger partial charge in [0.25, 0.3) is 0 Å². The van der Waals surface area contributed by atoms with Crippen LogP contribution in [0.5, 0.6) is 0 Å². The molecule has 0 saturated carbocycles. The zero-order valence-corrected chi connectivity index (χ0v) is 6.38. The van der Waals surface area contributed by atoms with Crippen LogP contribution in [-0.4, -0.2) is 11.7 Å². The monoisotopic (exact) mass is 176 g/mol. The minimum absolute atomic E-state index is 0.0460. The van der Waals surface area contributed by atoms with E-state index in [-0.39, 0.29) is 6.42 Å². The third kappa shape index (κ3) is 3.39. The van der Waals surface area contributed by atoms with Crippen LogP contribution in [0.15, 0.2) is 30.3 Å². The number of rotatable bonds is 3. The van der Waals surface area contributed by atoms with E-state index in [2.05, 4.69) is 0 Å². The second kappa shape index (κ2) is 3.58. The van der Waals surface area contributed by atoms with E-state index < -0.39 is 11.7 Å². The molecule has 0 fully saturated rings. The quantitative estimate of drug-likeness (QED) is 0.621. The molecule has 4 heteroatoms. The molecule has 0 unspecified atom stereocenters. The number of nitrogens with zero attached hydrogens (tertiary/aromatic N) is 1. The van der Waals surface area contributed by atoms with Crippen molar-refractivity contribution in [2.24, 2.45) is 0 Å².